The summed E-state index contributed by atoms with van der Waals surface area (Å²) in [7, 11) is 2.31. The van der Waals surface area contributed by atoms with Crippen LogP contribution in [0, 0.1) is 0 Å². The van der Waals surface area contributed by atoms with Crippen LogP contribution in [0.5, 0.6) is 0 Å². The lowest BCUT2D eigenvalue weighted by atomic mass is 9.95. The summed E-state index contributed by atoms with van der Waals surface area (Å²) in [5.74, 6) is -1.47. The second kappa shape index (κ2) is 10.1. The molecule has 1 amide bonds. The zero-order chi connectivity index (χ0) is 21.9. The third-order valence-corrected chi connectivity index (χ3v) is 4.75. The van der Waals surface area contributed by atoms with E-state index in [0.29, 0.717) is 0 Å². The van der Waals surface area contributed by atoms with Crippen molar-refractivity contribution in [1.82, 2.24) is 5.32 Å². The number of rotatable bonds is 6. The van der Waals surface area contributed by atoms with E-state index in [1.165, 1.54) is 14.0 Å². The smallest absolute Gasteiger partial charge is 0.337 e. The van der Waals surface area contributed by atoms with Gasteiger partial charge in [-0.05, 0) is 0 Å². The van der Waals surface area contributed by atoms with Crippen molar-refractivity contribution >= 4 is 11.9 Å². The number of carbonyl (C=O) groups is 2. The van der Waals surface area contributed by atoms with E-state index in [0.717, 1.165) is 7.11 Å². The van der Waals surface area contributed by atoms with E-state index in [2.05, 4.69) is 10.1 Å². The molecule has 0 radical (unpaired) electrons. The fourth-order valence-corrected chi connectivity index (χ4v) is 3.23. The number of esters is 1. The van der Waals surface area contributed by atoms with Crippen LogP contribution in [0.25, 0.3) is 0 Å². The molecule has 29 heavy (non-hydrogen) atoms. The lowest BCUT2D eigenvalue weighted by Gasteiger charge is -2.46. The van der Waals surface area contributed by atoms with Crippen LogP contribution in [-0.2, 0) is 33.3 Å². The molecule has 2 saturated heterocycles. The van der Waals surface area contributed by atoms with Crippen molar-refractivity contribution < 1.29 is 58.8 Å². The molecule has 168 valence electrons. The second-order valence-corrected chi connectivity index (χ2v) is 6.70. The molecule has 10 unspecified atom stereocenters. The monoisotopic (exact) mass is 425 g/mol. The topological polar surface area (TPSA) is 193 Å². The van der Waals surface area contributed by atoms with Crippen molar-refractivity contribution in [2.45, 2.75) is 68.3 Å². The molecular formula is C16H27NO12. The van der Waals surface area contributed by atoms with Crippen LogP contribution in [0.2, 0.25) is 0 Å². The van der Waals surface area contributed by atoms with Gasteiger partial charge < -0.3 is 54.5 Å². The highest BCUT2D eigenvalue weighted by Gasteiger charge is 2.53. The molecule has 0 aromatic rings. The fraction of sp³-hybridized carbons (Fsp3) is 0.875. The molecule has 6 N–H and O–H groups in total. The number of aliphatic hydroxyl groups excluding tert-OH is 5. The van der Waals surface area contributed by atoms with E-state index < -0.39 is 79.8 Å². The zero-order valence-corrected chi connectivity index (χ0v) is 16.1. The fourth-order valence-electron chi connectivity index (χ4n) is 3.23. The Hall–Kier alpha value is -1.42. The van der Waals surface area contributed by atoms with Gasteiger partial charge in [0, 0.05) is 14.0 Å². The maximum absolute atomic E-state index is 12.2. The Bertz CT molecular complexity index is 574. The average Bonchev–Trinajstić information content (AvgIpc) is 2.70. The van der Waals surface area contributed by atoms with E-state index in [-0.39, 0.29) is 0 Å². The molecule has 2 aliphatic heterocycles. The van der Waals surface area contributed by atoms with Crippen LogP contribution in [0.4, 0.5) is 0 Å². The van der Waals surface area contributed by atoms with Gasteiger partial charge in [0.2, 0.25) is 5.91 Å². The molecule has 2 heterocycles. The first-order valence-electron chi connectivity index (χ1n) is 8.83. The van der Waals surface area contributed by atoms with Gasteiger partial charge in [-0.1, -0.05) is 0 Å². The summed E-state index contributed by atoms with van der Waals surface area (Å²) in [4.78, 5) is 23.6. The molecule has 2 fully saturated rings. The number of methoxy groups -OCH3 is 2. The molecule has 0 aromatic carbocycles. The largest absolute Gasteiger partial charge is 0.467 e. The van der Waals surface area contributed by atoms with E-state index in [4.69, 9.17) is 18.9 Å². The quantitative estimate of drug-likeness (QED) is 0.224. The molecule has 2 aliphatic rings. The van der Waals surface area contributed by atoms with Crippen molar-refractivity contribution in [2.24, 2.45) is 0 Å². The Labute approximate surface area is 166 Å². The minimum atomic E-state index is -1.78. The van der Waals surface area contributed by atoms with E-state index in [1.807, 2.05) is 0 Å². The van der Waals surface area contributed by atoms with Crippen LogP contribution in [-0.4, -0.2) is 120 Å². The van der Waals surface area contributed by atoms with E-state index in [9.17, 15) is 35.1 Å². The summed E-state index contributed by atoms with van der Waals surface area (Å²) in [5, 5.41) is 52.4. The van der Waals surface area contributed by atoms with Gasteiger partial charge in [0.15, 0.2) is 18.7 Å². The van der Waals surface area contributed by atoms with E-state index in [1.54, 1.807) is 0 Å². The van der Waals surface area contributed by atoms with Gasteiger partial charge in [-0.25, -0.2) is 4.79 Å². The van der Waals surface area contributed by atoms with Crippen molar-refractivity contribution in [3.05, 3.63) is 0 Å². The Morgan fingerprint density at radius 1 is 0.966 bits per heavy atom. The number of carbonyl (C=O) groups excluding carboxylic acids is 2. The lowest BCUT2D eigenvalue weighted by Crippen LogP contribution is -2.68. The third kappa shape index (κ3) is 5.02. The third-order valence-electron chi connectivity index (χ3n) is 4.75. The van der Waals surface area contributed by atoms with Gasteiger partial charge in [0.1, 0.15) is 42.7 Å². The highest BCUT2D eigenvalue weighted by atomic mass is 16.7. The van der Waals surface area contributed by atoms with Crippen LogP contribution in [0.15, 0.2) is 0 Å². The minimum absolute atomic E-state index is 0.525. The van der Waals surface area contributed by atoms with Gasteiger partial charge in [0.25, 0.3) is 0 Å². The highest BCUT2D eigenvalue weighted by molar-refractivity contribution is 5.76. The number of hydrogen-bond donors (Lipinski definition) is 6. The van der Waals surface area contributed by atoms with Crippen molar-refractivity contribution in [1.29, 1.82) is 0 Å². The Morgan fingerprint density at radius 2 is 1.62 bits per heavy atom. The maximum Gasteiger partial charge on any atom is 0.337 e. The predicted octanol–water partition coefficient (Wildman–Crippen LogP) is -4.42. The summed E-state index contributed by atoms with van der Waals surface area (Å²) in [6, 6.07) is -1.16. The molecule has 0 spiro atoms. The van der Waals surface area contributed by atoms with Crippen LogP contribution < -0.4 is 5.32 Å². The van der Waals surface area contributed by atoms with Gasteiger partial charge in [0.05, 0.1) is 13.7 Å². The summed E-state index contributed by atoms with van der Waals surface area (Å²) in [6.45, 7) is 0.495. The average molecular weight is 425 g/mol. The van der Waals surface area contributed by atoms with Crippen LogP contribution in [0.1, 0.15) is 6.92 Å². The van der Waals surface area contributed by atoms with Gasteiger partial charge in [-0.15, -0.1) is 0 Å². The minimum Gasteiger partial charge on any atom is -0.467 e. The van der Waals surface area contributed by atoms with Gasteiger partial charge >= 0.3 is 5.97 Å². The Kier molecular flexibility index (Phi) is 8.28. The van der Waals surface area contributed by atoms with Gasteiger partial charge in [-0.2, -0.15) is 0 Å². The second-order valence-electron chi connectivity index (χ2n) is 6.70. The molecule has 13 heteroatoms. The summed E-state index contributed by atoms with van der Waals surface area (Å²) >= 11 is 0. The van der Waals surface area contributed by atoms with Crippen LogP contribution >= 0.6 is 0 Å². The predicted molar refractivity (Wildman–Crippen MR) is 89.9 cm³/mol. The maximum atomic E-state index is 12.2. The van der Waals surface area contributed by atoms with Crippen molar-refractivity contribution in [2.75, 3.05) is 20.8 Å². The SMILES string of the molecule is COC(=O)C1OC(OC)C(NC(C)=O)C(O)C1OC1OC(CO)C(O)C(O)C1O. The lowest BCUT2D eigenvalue weighted by molar-refractivity contribution is -0.342. The number of amides is 1. The molecule has 10 atom stereocenters. The normalized spacial score (nSPS) is 42.9. The first-order valence-corrected chi connectivity index (χ1v) is 8.83. The molecule has 0 saturated carbocycles. The summed E-state index contributed by atoms with van der Waals surface area (Å²) < 4.78 is 25.9. The molecule has 0 aromatic heterocycles. The first-order chi connectivity index (χ1) is 13.7. The Morgan fingerprint density at radius 3 is 2.14 bits per heavy atom. The first kappa shape index (κ1) is 23.9. The number of ether oxygens (including phenoxy) is 5. The van der Waals surface area contributed by atoms with Crippen molar-refractivity contribution in [3.8, 4) is 0 Å². The highest BCUT2D eigenvalue weighted by Crippen LogP contribution is 2.30. The number of aliphatic hydroxyl groups is 5. The Balaban J connectivity index is 2.29. The molecule has 0 aliphatic carbocycles. The standard InChI is InChI=1S/C16H27NO12/c1-5(19)17-7-9(21)12(13(14(24)25-2)29-15(7)26-3)28-16-11(23)10(22)8(20)6(4-18)27-16/h6-13,15-16,18,20-23H,4H2,1-3H3,(H,17,19). The number of nitrogens with one attached hydrogen (secondary N) is 1. The molecule has 2 rings (SSSR count). The summed E-state index contributed by atoms with van der Waals surface area (Å²) in [5.41, 5.74) is 0. The van der Waals surface area contributed by atoms with E-state index >= 15 is 0 Å². The number of hydrogen-bond acceptors (Lipinski definition) is 12. The zero-order valence-electron chi connectivity index (χ0n) is 16.1. The van der Waals surface area contributed by atoms with Crippen molar-refractivity contribution in [3.63, 3.8) is 0 Å². The molecule has 0 bridgehead atoms. The van der Waals surface area contributed by atoms with Crippen LogP contribution in [0.3, 0.4) is 0 Å². The van der Waals surface area contributed by atoms with Gasteiger partial charge in [-0.3, -0.25) is 4.79 Å². The summed E-state index contributed by atoms with van der Waals surface area (Å²) in [6.07, 6.45) is -14.0. The molecule has 13 nitrogen and oxygen atoms in total. The molecular weight excluding hydrogens is 398 g/mol.